The fourth-order valence-corrected chi connectivity index (χ4v) is 2.88. The lowest BCUT2D eigenvalue weighted by atomic mass is 10.1. The van der Waals surface area contributed by atoms with Crippen molar-refractivity contribution < 1.29 is 5.11 Å². The van der Waals surface area contributed by atoms with Crippen LogP contribution in [-0.2, 0) is 0 Å². The lowest BCUT2D eigenvalue weighted by Crippen LogP contribution is -2.37. The van der Waals surface area contributed by atoms with Gasteiger partial charge in [-0.2, -0.15) is 0 Å². The van der Waals surface area contributed by atoms with Gasteiger partial charge in [-0.1, -0.05) is 0 Å². The zero-order valence-corrected chi connectivity index (χ0v) is 12.8. The van der Waals surface area contributed by atoms with Gasteiger partial charge in [-0.15, -0.1) is 0 Å². The summed E-state index contributed by atoms with van der Waals surface area (Å²) < 4.78 is 1.43. The van der Waals surface area contributed by atoms with E-state index in [0.717, 1.165) is 0 Å². The maximum absolute atomic E-state index is 12.1. The van der Waals surface area contributed by atoms with Crippen molar-refractivity contribution >= 4 is 5.95 Å². The highest BCUT2D eigenvalue weighted by atomic mass is 16.3. The van der Waals surface area contributed by atoms with E-state index in [4.69, 9.17) is 0 Å². The number of anilines is 1. The summed E-state index contributed by atoms with van der Waals surface area (Å²) in [5.41, 5.74) is -0.438. The Morgan fingerprint density at radius 2 is 1.91 bits per heavy atom. The SMILES string of the molecule is Cc1cn([C@H]2CCN(c3ncccn3)CC[C@@H]2O)c(=O)[nH]c1=O. The van der Waals surface area contributed by atoms with Crippen LogP contribution < -0.4 is 16.1 Å². The monoisotopic (exact) mass is 317 g/mol. The van der Waals surface area contributed by atoms with Crippen LogP contribution in [0, 0.1) is 6.92 Å². The third-order valence-electron chi connectivity index (χ3n) is 4.17. The summed E-state index contributed by atoms with van der Waals surface area (Å²) in [5.74, 6) is 0.616. The number of aliphatic hydroxyl groups excluding tert-OH is 1. The van der Waals surface area contributed by atoms with Gasteiger partial charge in [0.1, 0.15) is 0 Å². The molecule has 2 aromatic rings. The Kier molecular flexibility index (Phi) is 4.24. The molecule has 1 fully saturated rings. The van der Waals surface area contributed by atoms with Gasteiger partial charge in [-0.05, 0) is 25.8 Å². The van der Waals surface area contributed by atoms with Gasteiger partial charge >= 0.3 is 5.69 Å². The fourth-order valence-electron chi connectivity index (χ4n) is 2.88. The molecule has 0 spiro atoms. The fraction of sp³-hybridized carbons (Fsp3) is 0.467. The molecule has 0 unspecified atom stereocenters. The second-order valence-electron chi connectivity index (χ2n) is 5.73. The first kappa shape index (κ1) is 15.4. The quantitative estimate of drug-likeness (QED) is 0.797. The van der Waals surface area contributed by atoms with E-state index in [9.17, 15) is 14.7 Å². The summed E-state index contributed by atoms with van der Waals surface area (Å²) in [7, 11) is 0. The number of rotatable bonds is 2. The van der Waals surface area contributed by atoms with E-state index < -0.39 is 17.4 Å². The lowest BCUT2D eigenvalue weighted by Gasteiger charge is -2.22. The van der Waals surface area contributed by atoms with Gasteiger partial charge in [0.2, 0.25) is 5.95 Å². The van der Waals surface area contributed by atoms with E-state index in [1.807, 2.05) is 4.90 Å². The Hall–Kier alpha value is -2.48. The van der Waals surface area contributed by atoms with Crippen molar-refractivity contribution in [1.29, 1.82) is 0 Å². The first-order chi connectivity index (χ1) is 11.1. The predicted octanol–water partition coefficient (Wildman–Crippen LogP) is -0.163. The minimum atomic E-state index is -0.674. The van der Waals surface area contributed by atoms with E-state index in [1.165, 1.54) is 10.8 Å². The van der Waals surface area contributed by atoms with Gasteiger partial charge in [-0.3, -0.25) is 14.3 Å². The van der Waals surface area contributed by atoms with Crippen LogP contribution in [0.3, 0.4) is 0 Å². The minimum Gasteiger partial charge on any atom is -0.391 e. The number of aromatic nitrogens is 4. The molecule has 0 amide bonds. The molecule has 2 aromatic heterocycles. The minimum absolute atomic E-state index is 0.383. The van der Waals surface area contributed by atoms with Crippen LogP contribution in [-0.4, -0.2) is 43.8 Å². The summed E-state index contributed by atoms with van der Waals surface area (Å²) in [5, 5.41) is 10.4. The van der Waals surface area contributed by atoms with Crippen molar-refractivity contribution in [3.8, 4) is 0 Å². The van der Waals surface area contributed by atoms with E-state index in [2.05, 4.69) is 15.0 Å². The molecule has 23 heavy (non-hydrogen) atoms. The molecular formula is C15H19N5O3. The van der Waals surface area contributed by atoms with Gasteiger partial charge < -0.3 is 10.0 Å². The van der Waals surface area contributed by atoms with E-state index >= 15 is 0 Å². The zero-order valence-electron chi connectivity index (χ0n) is 12.8. The third kappa shape index (κ3) is 3.16. The average molecular weight is 317 g/mol. The van der Waals surface area contributed by atoms with E-state index in [0.29, 0.717) is 37.4 Å². The van der Waals surface area contributed by atoms with Crippen molar-refractivity contribution in [3.05, 3.63) is 51.1 Å². The van der Waals surface area contributed by atoms with Crippen LogP contribution in [0.5, 0.6) is 0 Å². The van der Waals surface area contributed by atoms with Crippen molar-refractivity contribution in [2.75, 3.05) is 18.0 Å². The molecule has 1 saturated heterocycles. The number of aliphatic hydroxyl groups is 1. The number of H-pyrrole nitrogens is 1. The Labute approximate surface area is 132 Å². The van der Waals surface area contributed by atoms with Crippen molar-refractivity contribution in [2.45, 2.75) is 31.9 Å². The van der Waals surface area contributed by atoms with Crippen molar-refractivity contribution in [2.24, 2.45) is 0 Å². The third-order valence-corrected chi connectivity index (χ3v) is 4.17. The summed E-state index contributed by atoms with van der Waals surface area (Å²) >= 11 is 0. The second-order valence-corrected chi connectivity index (χ2v) is 5.73. The summed E-state index contributed by atoms with van der Waals surface area (Å²) in [6, 6.07) is 1.37. The molecule has 0 aromatic carbocycles. The topological polar surface area (TPSA) is 104 Å². The number of nitrogens with one attached hydrogen (secondary N) is 1. The normalized spacial score (nSPS) is 21.9. The number of aryl methyl sites for hydroxylation is 1. The molecule has 2 N–H and O–H groups in total. The van der Waals surface area contributed by atoms with Gasteiger partial charge in [0, 0.05) is 37.2 Å². The number of hydrogen-bond donors (Lipinski definition) is 2. The summed E-state index contributed by atoms with van der Waals surface area (Å²) in [4.78, 5) is 36.3. The molecule has 8 heteroatoms. The zero-order chi connectivity index (χ0) is 16.4. The molecule has 3 heterocycles. The predicted molar refractivity (Wildman–Crippen MR) is 84.6 cm³/mol. The number of nitrogens with zero attached hydrogens (tertiary/aromatic N) is 4. The van der Waals surface area contributed by atoms with Gasteiger partial charge in [0.25, 0.3) is 5.56 Å². The van der Waals surface area contributed by atoms with Gasteiger partial charge in [0.15, 0.2) is 0 Å². The lowest BCUT2D eigenvalue weighted by molar-refractivity contribution is 0.106. The Balaban J connectivity index is 1.86. The maximum atomic E-state index is 12.1. The Bertz CT molecular complexity index is 786. The van der Waals surface area contributed by atoms with E-state index in [-0.39, 0.29) is 6.04 Å². The standard InChI is InChI=1S/C15H19N5O3/c1-10-9-20(15(23)18-13(10)22)11-3-7-19(8-4-12(11)21)14-16-5-2-6-17-14/h2,5-6,9,11-12,21H,3-4,7-8H2,1H3,(H,18,22,23)/t11-,12-/m0/s1. The van der Waals surface area contributed by atoms with Gasteiger partial charge in [-0.25, -0.2) is 14.8 Å². The van der Waals surface area contributed by atoms with Crippen LogP contribution in [0.2, 0.25) is 0 Å². The summed E-state index contributed by atoms with van der Waals surface area (Å²) in [6.45, 7) is 2.87. The average Bonchev–Trinajstić information content (AvgIpc) is 2.74. The number of aromatic amines is 1. The van der Waals surface area contributed by atoms with Crippen molar-refractivity contribution in [1.82, 2.24) is 19.5 Å². The Morgan fingerprint density at radius 3 is 2.65 bits per heavy atom. The molecule has 0 saturated carbocycles. The maximum Gasteiger partial charge on any atom is 0.328 e. The molecule has 0 aliphatic carbocycles. The first-order valence-electron chi connectivity index (χ1n) is 7.58. The molecule has 8 nitrogen and oxygen atoms in total. The van der Waals surface area contributed by atoms with Crippen LogP contribution in [0.1, 0.15) is 24.4 Å². The van der Waals surface area contributed by atoms with Crippen LogP contribution in [0.4, 0.5) is 5.95 Å². The van der Waals surface area contributed by atoms with Gasteiger partial charge in [0.05, 0.1) is 12.1 Å². The van der Waals surface area contributed by atoms with Crippen LogP contribution in [0.15, 0.2) is 34.2 Å². The molecule has 1 aliphatic heterocycles. The molecule has 0 radical (unpaired) electrons. The molecule has 1 aliphatic rings. The van der Waals surface area contributed by atoms with Crippen LogP contribution in [0.25, 0.3) is 0 Å². The Morgan fingerprint density at radius 1 is 1.22 bits per heavy atom. The highest BCUT2D eigenvalue weighted by Crippen LogP contribution is 2.23. The molecule has 2 atom stereocenters. The van der Waals surface area contributed by atoms with Crippen molar-refractivity contribution in [3.63, 3.8) is 0 Å². The largest absolute Gasteiger partial charge is 0.391 e. The molecule has 3 rings (SSSR count). The summed E-state index contributed by atoms with van der Waals surface area (Å²) in [6.07, 6.45) is 5.25. The second kappa shape index (κ2) is 6.33. The molecule has 0 bridgehead atoms. The first-order valence-corrected chi connectivity index (χ1v) is 7.58. The van der Waals surface area contributed by atoms with E-state index in [1.54, 1.807) is 25.4 Å². The number of hydrogen-bond acceptors (Lipinski definition) is 6. The van der Waals surface area contributed by atoms with Crippen LogP contribution >= 0.6 is 0 Å². The highest BCUT2D eigenvalue weighted by Gasteiger charge is 2.28. The molecular weight excluding hydrogens is 298 g/mol. The smallest absolute Gasteiger partial charge is 0.328 e. The molecule has 122 valence electrons. The highest BCUT2D eigenvalue weighted by molar-refractivity contribution is 5.28.